The standard InChI is InChI=1S/C14H24N4O2S/c1-3-10-4-7-18(8-5-10)13(19)11-12(15)17-14(21-11)16-6-9-20-2/h10H,3-9,15H2,1-2H3,(H,16,17). The van der Waals surface area contributed by atoms with E-state index in [2.05, 4.69) is 17.2 Å². The number of piperidine rings is 1. The van der Waals surface area contributed by atoms with Crippen LogP contribution in [0.1, 0.15) is 35.9 Å². The predicted molar refractivity (Wildman–Crippen MR) is 85.8 cm³/mol. The summed E-state index contributed by atoms with van der Waals surface area (Å²) in [6, 6.07) is 0. The molecule has 0 aromatic carbocycles. The SMILES string of the molecule is CCC1CCN(C(=O)c2sc(NCCOC)nc2N)CC1. The van der Waals surface area contributed by atoms with Crippen LogP contribution in [0, 0.1) is 5.92 Å². The van der Waals surface area contributed by atoms with E-state index in [1.807, 2.05) is 4.90 Å². The molecule has 2 rings (SSSR count). The predicted octanol–water partition coefficient (Wildman–Crippen LogP) is 2.05. The first kappa shape index (κ1) is 16.0. The van der Waals surface area contributed by atoms with Crippen LogP contribution >= 0.6 is 11.3 Å². The van der Waals surface area contributed by atoms with Gasteiger partial charge in [-0.15, -0.1) is 0 Å². The minimum absolute atomic E-state index is 0.0133. The zero-order chi connectivity index (χ0) is 15.2. The van der Waals surface area contributed by atoms with Gasteiger partial charge in [0.1, 0.15) is 10.7 Å². The maximum Gasteiger partial charge on any atom is 0.267 e. The largest absolute Gasteiger partial charge is 0.383 e. The van der Waals surface area contributed by atoms with Gasteiger partial charge in [0.2, 0.25) is 0 Å². The first-order chi connectivity index (χ1) is 10.2. The van der Waals surface area contributed by atoms with Crippen molar-refractivity contribution in [3.63, 3.8) is 0 Å². The molecule has 0 atom stereocenters. The molecule has 1 saturated heterocycles. The molecule has 0 radical (unpaired) electrons. The van der Waals surface area contributed by atoms with E-state index in [4.69, 9.17) is 10.5 Å². The zero-order valence-electron chi connectivity index (χ0n) is 12.7. The number of aromatic nitrogens is 1. The Morgan fingerprint density at radius 3 is 2.86 bits per heavy atom. The molecule has 118 valence electrons. The van der Waals surface area contributed by atoms with Gasteiger partial charge in [-0.05, 0) is 18.8 Å². The smallest absolute Gasteiger partial charge is 0.267 e. The molecule has 0 unspecified atom stereocenters. The first-order valence-corrected chi connectivity index (χ1v) is 8.25. The summed E-state index contributed by atoms with van der Waals surface area (Å²) in [6.07, 6.45) is 3.36. The van der Waals surface area contributed by atoms with Crippen molar-refractivity contribution in [2.45, 2.75) is 26.2 Å². The summed E-state index contributed by atoms with van der Waals surface area (Å²) in [4.78, 5) is 19.2. The van der Waals surface area contributed by atoms with Gasteiger partial charge in [0.15, 0.2) is 5.13 Å². The summed E-state index contributed by atoms with van der Waals surface area (Å²) < 4.78 is 4.97. The number of carbonyl (C=O) groups is 1. The Balaban J connectivity index is 1.96. The molecule has 0 aliphatic carbocycles. The number of hydrogen-bond acceptors (Lipinski definition) is 6. The minimum Gasteiger partial charge on any atom is -0.383 e. The topological polar surface area (TPSA) is 80.5 Å². The highest BCUT2D eigenvalue weighted by molar-refractivity contribution is 7.18. The molecule has 0 bridgehead atoms. The Labute approximate surface area is 129 Å². The molecule has 1 aromatic rings. The maximum atomic E-state index is 12.5. The average molecular weight is 312 g/mol. The number of carbonyl (C=O) groups excluding carboxylic acids is 1. The van der Waals surface area contributed by atoms with E-state index < -0.39 is 0 Å². The van der Waals surface area contributed by atoms with E-state index in [0.717, 1.165) is 31.8 Å². The molecule has 1 fully saturated rings. The molecule has 6 nitrogen and oxygen atoms in total. The van der Waals surface area contributed by atoms with Crippen molar-refractivity contribution in [2.24, 2.45) is 5.92 Å². The highest BCUT2D eigenvalue weighted by Gasteiger charge is 2.26. The summed E-state index contributed by atoms with van der Waals surface area (Å²) in [5, 5.41) is 3.79. The molecule has 7 heteroatoms. The molecular weight excluding hydrogens is 288 g/mol. The molecular formula is C14H24N4O2S. The molecule has 2 heterocycles. The number of anilines is 2. The van der Waals surface area contributed by atoms with Gasteiger partial charge in [-0.25, -0.2) is 4.98 Å². The number of hydrogen-bond donors (Lipinski definition) is 2. The average Bonchev–Trinajstić information content (AvgIpc) is 2.88. The lowest BCUT2D eigenvalue weighted by atomic mass is 9.94. The highest BCUT2D eigenvalue weighted by Crippen LogP contribution is 2.28. The van der Waals surface area contributed by atoms with Crippen LogP contribution in [0.2, 0.25) is 0 Å². The fraction of sp³-hybridized carbons (Fsp3) is 0.714. The Morgan fingerprint density at radius 2 is 2.24 bits per heavy atom. The number of nitrogen functional groups attached to an aromatic ring is 1. The summed E-state index contributed by atoms with van der Waals surface area (Å²) >= 11 is 1.32. The number of likely N-dealkylation sites (tertiary alicyclic amines) is 1. The number of nitrogens with one attached hydrogen (secondary N) is 1. The summed E-state index contributed by atoms with van der Waals surface area (Å²) in [6.45, 7) is 5.09. The number of nitrogens with two attached hydrogens (primary N) is 1. The van der Waals surface area contributed by atoms with Crippen molar-refractivity contribution in [2.75, 3.05) is 44.4 Å². The van der Waals surface area contributed by atoms with Crippen molar-refractivity contribution in [3.05, 3.63) is 4.88 Å². The Morgan fingerprint density at radius 1 is 1.52 bits per heavy atom. The van der Waals surface area contributed by atoms with Crippen molar-refractivity contribution in [1.29, 1.82) is 0 Å². The third-order valence-electron chi connectivity index (χ3n) is 3.91. The van der Waals surface area contributed by atoms with E-state index in [0.29, 0.717) is 29.0 Å². The number of rotatable bonds is 6. The van der Waals surface area contributed by atoms with Crippen LogP contribution in [0.5, 0.6) is 0 Å². The van der Waals surface area contributed by atoms with Gasteiger partial charge in [-0.3, -0.25) is 4.79 Å². The molecule has 0 saturated carbocycles. The lowest BCUT2D eigenvalue weighted by Crippen LogP contribution is -2.38. The number of ether oxygens (including phenoxy) is 1. The normalized spacial score (nSPS) is 16.2. The van der Waals surface area contributed by atoms with Gasteiger partial charge >= 0.3 is 0 Å². The lowest BCUT2D eigenvalue weighted by molar-refractivity contribution is 0.0694. The molecule has 3 N–H and O–H groups in total. The van der Waals surface area contributed by atoms with Gasteiger partial charge in [-0.2, -0.15) is 0 Å². The lowest BCUT2D eigenvalue weighted by Gasteiger charge is -2.31. The van der Waals surface area contributed by atoms with Crippen LogP contribution in [-0.4, -0.2) is 49.1 Å². The summed E-state index contributed by atoms with van der Waals surface area (Å²) in [5.74, 6) is 1.08. The van der Waals surface area contributed by atoms with E-state index in [1.165, 1.54) is 17.8 Å². The first-order valence-electron chi connectivity index (χ1n) is 7.44. The van der Waals surface area contributed by atoms with Crippen LogP contribution in [0.25, 0.3) is 0 Å². The second-order valence-corrected chi connectivity index (χ2v) is 6.30. The van der Waals surface area contributed by atoms with Gasteiger partial charge in [0.05, 0.1) is 6.61 Å². The molecule has 0 spiro atoms. The second-order valence-electron chi connectivity index (χ2n) is 5.30. The molecule has 21 heavy (non-hydrogen) atoms. The molecule has 1 aromatic heterocycles. The zero-order valence-corrected chi connectivity index (χ0v) is 13.5. The minimum atomic E-state index is 0.0133. The fourth-order valence-electron chi connectivity index (χ4n) is 2.51. The van der Waals surface area contributed by atoms with Crippen LogP contribution < -0.4 is 11.1 Å². The number of methoxy groups -OCH3 is 1. The monoisotopic (exact) mass is 312 g/mol. The van der Waals surface area contributed by atoms with Crippen LogP contribution in [-0.2, 0) is 4.74 Å². The van der Waals surface area contributed by atoms with Gasteiger partial charge in [0.25, 0.3) is 5.91 Å². The maximum absolute atomic E-state index is 12.5. The third-order valence-corrected chi connectivity index (χ3v) is 4.93. The van der Waals surface area contributed by atoms with Crippen LogP contribution in [0.3, 0.4) is 0 Å². The van der Waals surface area contributed by atoms with Crippen molar-refractivity contribution in [1.82, 2.24) is 9.88 Å². The number of nitrogens with zero attached hydrogens (tertiary/aromatic N) is 2. The Hall–Kier alpha value is -1.34. The summed E-state index contributed by atoms with van der Waals surface area (Å²) in [7, 11) is 1.65. The fourth-order valence-corrected chi connectivity index (χ4v) is 3.39. The highest BCUT2D eigenvalue weighted by atomic mass is 32.1. The third kappa shape index (κ3) is 4.07. The van der Waals surface area contributed by atoms with Crippen LogP contribution in [0.4, 0.5) is 10.9 Å². The van der Waals surface area contributed by atoms with Gasteiger partial charge in [0, 0.05) is 26.7 Å². The molecule has 1 aliphatic rings. The molecule has 1 aliphatic heterocycles. The number of thiazole rings is 1. The summed E-state index contributed by atoms with van der Waals surface area (Å²) in [5.41, 5.74) is 5.89. The van der Waals surface area contributed by atoms with E-state index in [1.54, 1.807) is 7.11 Å². The Bertz CT molecular complexity index is 470. The molecule has 1 amide bonds. The van der Waals surface area contributed by atoms with E-state index in [9.17, 15) is 4.79 Å². The van der Waals surface area contributed by atoms with E-state index >= 15 is 0 Å². The van der Waals surface area contributed by atoms with E-state index in [-0.39, 0.29) is 5.91 Å². The van der Waals surface area contributed by atoms with Crippen molar-refractivity contribution < 1.29 is 9.53 Å². The van der Waals surface area contributed by atoms with Gasteiger partial charge < -0.3 is 20.7 Å². The number of amides is 1. The Kier molecular flexibility index (Phi) is 5.81. The van der Waals surface area contributed by atoms with Crippen molar-refractivity contribution >= 4 is 28.2 Å². The van der Waals surface area contributed by atoms with Crippen LogP contribution in [0.15, 0.2) is 0 Å². The van der Waals surface area contributed by atoms with Gasteiger partial charge in [-0.1, -0.05) is 24.7 Å². The van der Waals surface area contributed by atoms with Crippen molar-refractivity contribution in [3.8, 4) is 0 Å². The second kappa shape index (κ2) is 7.61. The quantitative estimate of drug-likeness (QED) is 0.786.